The molecular formula is C14H27N2O+. The summed E-state index contributed by atoms with van der Waals surface area (Å²) in [5.74, 6) is 0.422. The van der Waals surface area contributed by atoms with Crippen molar-refractivity contribution in [3.63, 3.8) is 0 Å². The van der Waals surface area contributed by atoms with Gasteiger partial charge in [0.2, 0.25) is 0 Å². The Morgan fingerprint density at radius 1 is 1.00 bits per heavy atom. The van der Waals surface area contributed by atoms with Gasteiger partial charge in [0.05, 0.1) is 19.5 Å². The Kier molecular flexibility index (Phi) is 4.57. The molecule has 2 unspecified atom stereocenters. The van der Waals surface area contributed by atoms with Gasteiger partial charge in [-0.2, -0.15) is 0 Å². The van der Waals surface area contributed by atoms with Crippen LogP contribution in [-0.2, 0) is 4.79 Å². The van der Waals surface area contributed by atoms with Crippen molar-refractivity contribution in [2.75, 3.05) is 26.2 Å². The van der Waals surface area contributed by atoms with E-state index in [-0.39, 0.29) is 5.54 Å². The second-order valence-electron chi connectivity index (χ2n) is 5.76. The SMILES string of the molecule is C1CCCNCC1.CC(=O)C12CCC[NH+]1CC2. The van der Waals surface area contributed by atoms with Crippen LogP contribution in [0.1, 0.15) is 51.9 Å². The molecule has 0 saturated carbocycles. The van der Waals surface area contributed by atoms with E-state index in [1.54, 1.807) is 11.8 Å². The Morgan fingerprint density at radius 3 is 2.12 bits per heavy atom. The van der Waals surface area contributed by atoms with Crippen molar-refractivity contribution < 1.29 is 9.69 Å². The Balaban J connectivity index is 0.000000136. The molecule has 0 bridgehead atoms. The van der Waals surface area contributed by atoms with Gasteiger partial charge in [-0.25, -0.2) is 0 Å². The largest absolute Gasteiger partial charge is 0.323 e. The number of ketones is 1. The molecule has 3 nitrogen and oxygen atoms in total. The fourth-order valence-corrected chi connectivity index (χ4v) is 3.45. The highest BCUT2D eigenvalue weighted by Gasteiger charge is 2.56. The quantitative estimate of drug-likeness (QED) is 0.700. The molecule has 3 heterocycles. The van der Waals surface area contributed by atoms with Crippen molar-refractivity contribution >= 4 is 5.78 Å². The van der Waals surface area contributed by atoms with E-state index >= 15 is 0 Å². The molecule has 0 amide bonds. The number of carbonyl (C=O) groups excluding carboxylic acids is 1. The molecule has 3 aliphatic heterocycles. The van der Waals surface area contributed by atoms with E-state index in [1.165, 1.54) is 58.3 Å². The van der Waals surface area contributed by atoms with E-state index in [2.05, 4.69) is 5.32 Å². The van der Waals surface area contributed by atoms with Crippen LogP contribution in [0, 0.1) is 0 Å². The van der Waals surface area contributed by atoms with Gasteiger partial charge in [0.25, 0.3) is 0 Å². The summed E-state index contributed by atoms with van der Waals surface area (Å²) in [6.07, 6.45) is 9.21. The summed E-state index contributed by atoms with van der Waals surface area (Å²) in [6.45, 7) is 6.73. The first kappa shape index (κ1) is 13.0. The first-order valence-electron chi connectivity index (χ1n) is 7.33. The van der Waals surface area contributed by atoms with Gasteiger partial charge in [-0.1, -0.05) is 12.8 Å². The van der Waals surface area contributed by atoms with Crippen LogP contribution in [0.3, 0.4) is 0 Å². The fourth-order valence-electron chi connectivity index (χ4n) is 3.45. The van der Waals surface area contributed by atoms with Gasteiger partial charge in [-0.05, 0) is 25.9 Å². The van der Waals surface area contributed by atoms with E-state index in [4.69, 9.17) is 0 Å². The lowest BCUT2D eigenvalue weighted by Gasteiger charge is -2.41. The predicted molar refractivity (Wildman–Crippen MR) is 69.3 cm³/mol. The molecular weight excluding hydrogens is 212 g/mol. The number of Topliss-reactive ketones (excluding diaryl/α,β-unsaturated/α-hetero) is 1. The Labute approximate surface area is 105 Å². The third kappa shape index (κ3) is 2.89. The van der Waals surface area contributed by atoms with E-state index in [0.29, 0.717) is 5.78 Å². The minimum atomic E-state index is 0.111. The molecule has 0 aromatic carbocycles. The molecule has 17 heavy (non-hydrogen) atoms. The lowest BCUT2D eigenvalue weighted by atomic mass is 9.82. The third-order valence-corrected chi connectivity index (χ3v) is 4.74. The average Bonchev–Trinajstić information content (AvgIpc) is 2.52. The van der Waals surface area contributed by atoms with Gasteiger partial charge in [0.1, 0.15) is 0 Å². The number of carbonyl (C=O) groups is 1. The van der Waals surface area contributed by atoms with Gasteiger partial charge in [0.15, 0.2) is 11.3 Å². The summed E-state index contributed by atoms with van der Waals surface area (Å²) in [6, 6.07) is 0. The molecule has 3 rings (SSSR count). The Bertz CT molecular complexity index is 247. The van der Waals surface area contributed by atoms with Crippen LogP contribution in [0.2, 0.25) is 0 Å². The van der Waals surface area contributed by atoms with E-state index < -0.39 is 0 Å². The molecule has 3 aliphatic rings. The minimum Gasteiger partial charge on any atom is -0.323 e. The molecule has 3 saturated heterocycles. The molecule has 0 spiro atoms. The average molecular weight is 239 g/mol. The van der Waals surface area contributed by atoms with Gasteiger partial charge < -0.3 is 10.2 Å². The molecule has 3 heteroatoms. The highest BCUT2D eigenvalue weighted by molar-refractivity contribution is 5.85. The van der Waals surface area contributed by atoms with Crippen LogP contribution >= 0.6 is 0 Å². The van der Waals surface area contributed by atoms with Crippen LogP contribution in [-0.4, -0.2) is 37.5 Å². The smallest absolute Gasteiger partial charge is 0.190 e. The third-order valence-electron chi connectivity index (χ3n) is 4.74. The van der Waals surface area contributed by atoms with Crippen LogP contribution in [0.4, 0.5) is 0 Å². The maximum absolute atomic E-state index is 11.2. The summed E-state index contributed by atoms with van der Waals surface area (Å²) in [7, 11) is 0. The molecule has 2 N–H and O–H groups in total. The number of hydrogen-bond donors (Lipinski definition) is 2. The van der Waals surface area contributed by atoms with Crippen molar-refractivity contribution in [2.24, 2.45) is 0 Å². The zero-order chi connectivity index (χ0) is 12.1. The standard InChI is InChI=1S/C8H13NO.C6H13N/c1-7(10)8-3-2-5-9(8)6-4-8;1-2-4-6-7-5-3-1/h2-6H2,1H3;7H,1-6H2/p+1. The zero-order valence-electron chi connectivity index (χ0n) is 11.2. The number of hydrogen-bond acceptors (Lipinski definition) is 2. The highest BCUT2D eigenvalue weighted by Crippen LogP contribution is 2.24. The monoisotopic (exact) mass is 239 g/mol. The topological polar surface area (TPSA) is 33.5 Å². The number of nitrogens with one attached hydrogen (secondary N) is 2. The Hall–Kier alpha value is -0.410. The maximum atomic E-state index is 11.2. The number of fused-ring (bicyclic) bond motifs is 1. The van der Waals surface area contributed by atoms with E-state index in [1.807, 2.05) is 0 Å². The van der Waals surface area contributed by atoms with Crippen molar-refractivity contribution in [3.05, 3.63) is 0 Å². The van der Waals surface area contributed by atoms with Crippen molar-refractivity contribution in [2.45, 2.75) is 57.4 Å². The fraction of sp³-hybridized carbons (Fsp3) is 0.929. The molecule has 3 fully saturated rings. The van der Waals surface area contributed by atoms with Crippen LogP contribution in [0.5, 0.6) is 0 Å². The highest BCUT2D eigenvalue weighted by atomic mass is 16.1. The Morgan fingerprint density at radius 2 is 1.71 bits per heavy atom. The summed E-state index contributed by atoms with van der Waals surface area (Å²) in [5, 5.41) is 3.35. The summed E-state index contributed by atoms with van der Waals surface area (Å²) in [5.41, 5.74) is 0.111. The van der Waals surface area contributed by atoms with Crippen LogP contribution in [0.15, 0.2) is 0 Å². The predicted octanol–water partition coefficient (Wildman–Crippen LogP) is 0.547. The van der Waals surface area contributed by atoms with Crippen LogP contribution in [0.25, 0.3) is 0 Å². The molecule has 0 aromatic rings. The zero-order valence-corrected chi connectivity index (χ0v) is 11.2. The van der Waals surface area contributed by atoms with Gasteiger partial charge in [-0.3, -0.25) is 4.79 Å². The van der Waals surface area contributed by atoms with Gasteiger partial charge >= 0.3 is 0 Å². The number of quaternary nitrogens is 1. The molecule has 0 aliphatic carbocycles. The lowest BCUT2D eigenvalue weighted by molar-refractivity contribution is -0.971. The van der Waals surface area contributed by atoms with Crippen molar-refractivity contribution in [1.29, 1.82) is 0 Å². The maximum Gasteiger partial charge on any atom is 0.190 e. The van der Waals surface area contributed by atoms with Crippen molar-refractivity contribution in [3.8, 4) is 0 Å². The second kappa shape index (κ2) is 5.96. The first-order valence-corrected chi connectivity index (χ1v) is 7.33. The minimum absolute atomic E-state index is 0.111. The summed E-state index contributed by atoms with van der Waals surface area (Å²) in [4.78, 5) is 12.8. The summed E-state index contributed by atoms with van der Waals surface area (Å²) >= 11 is 0. The van der Waals surface area contributed by atoms with E-state index in [9.17, 15) is 4.79 Å². The molecule has 0 radical (unpaired) electrons. The molecule has 0 aromatic heterocycles. The van der Waals surface area contributed by atoms with Crippen LogP contribution < -0.4 is 10.2 Å². The first-order chi connectivity index (χ1) is 8.26. The normalized spacial score (nSPS) is 35.9. The molecule has 98 valence electrons. The van der Waals surface area contributed by atoms with Gasteiger partial charge in [-0.15, -0.1) is 0 Å². The van der Waals surface area contributed by atoms with Gasteiger partial charge in [0, 0.05) is 19.8 Å². The lowest BCUT2D eigenvalue weighted by Crippen LogP contribution is -3.25. The summed E-state index contributed by atoms with van der Waals surface area (Å²) < 4.78 is 0. The van der Waals surface area contributed by atoms with E-state index in [0.717, 1.165) is 12.8 Å². The number of rotatable bonds is 1. The van der Waals surface area contributed by atoms with Crippen molar-refractivity contribution in [1.82, 2.24) is 5.32 Å². The second-order valence-corrected chi connectivity index (χ2v) is 5.76. The molecule has 2 atom stereocenters.